The maximum Gasteiger partial charge on any atom is 0.131 e. The third-order valence-electron chi connectivity index (χ3n) is 3.23. The standard InChI is InChI=1S/C13H22N4S/c1-4-7-14-11-8-12(17-10(2)16-11)15-9-13(18-3)5-6-13/h8H,4-7,9H2,1-3H3,(H2,14,15,16,17). The van der Waals surface area contributed by atoms with Crippen LogP contribution in [-0.4, -0.2) is 34.1 Å². The molecule has 100 valence electrons. The van der Waals surface area contributed by atoms with Gasteiger partial charge in [0.25, 0.3) is 0 Å². The van der Waals surface area contributed by atoms with Crippen molar-refractivity contribution >= 4 is 23.4 Å². The van der Waals surface area contributed by atoms with Crippen molar-refractivity contribution in [2.24, 2.45) is 0 Å². The van der Waals surface area contributed by atoms with E-state index in [1.165, 1.54) is 12.8 Å². The molecule has 1 aromatic heterocycles. The summed E-state index contributed by atoms with van der Waals surface area (Å²) in [5.74, 6) is 2.66. The van der Waals surface area contributed by atoms with Gasteiger partial charge >= 0.3 is 0 Å². The second-order valence-corrected chi connectivity index (χ2v) is 6.13. The SMILES string of the molecule is CCCNc1cc(NCC2(SC)CC2)nc(C)n1. The Kier molecular flexibility index (Phi) is 4.32. The van der Waals surface area contributed by atoms with Crippen LogP contribution in [0.3, 0.4) is 0 Å². The van der Waals surface area contributed by atoms with Gasteiger partial charge in [0, 0.05) is 23.9 Å². The lowest BCUT2D eigenvalue weighted by Crippen LogP contribution is -2.18. The largest absolute Gasteiger partial charge is 0.370 e. The molecule has 2 N–H and O–H groups in total. The van der Waals surface area contributed by atoms with Crippen LogP contribution < -0.4 is 10.6 Å². The topological polar surface area (TPSA) is 49.8 Å². The van der Waals surface area contributed by atoms with Gasteiger partial charge in [-0.2, -0.15) is 11.8 Å². The highest BCUT2D eigenvalue weighted by Crippen LogP contribution is 2.46. The van der Waals surface area contributed by atoms with Crippen LogP contribution in [0.15, 0.2) is 6.07 Å². The first kappa shape index (κ1) is 13.5. The highest BCUT2D eigenvalue weighted by Gasteiger charge is 2.41. The summed E-state index contributed by atoms with van der Waals surface area (Å²) in [5.41, 5.74) is 0. The van der Waals surface area contributed by atoms with E-state index in [2.05, 4.69) is 33.8 Å². The van der Waals surface area contributed by atoms with Gasteiger partial charge in [-0.1, -0.05) is 6.92 Å². The van der Waals surface area contributed by atoms with Gasteiger partial charge < -0.3 is 10.6 Å². The van der Waals surface area contributed by atoms with Crippen LogP contribution >= 0.6 is 11.8 Å². The Hall–Kier alpha value is -0.970. The molecule has 1 aliphatic carbocycles. The van der Waals surface area contributed by atoms with Gasteiger partial charge in [-0.25, -0.2) is 9.97 Å². The number of hydrogen-bond acceptors (Lipinski definition) is 5. The average molecular weight is 266 g/mol. The highest BCUT2D eigenvalue weighted by molar-refractivity contribution is 8.00. The molecule has 2 rings (SSSR count). The number of nitrogens with one attached hydrogen (secondary N) is 2. The van der Waals surface area contributed by atoms with E-state index < -0.39 is 0 Å². The molecule has 0 aliphatic heterocycles. The van der Waals surface area contributed by atoms with Crippen molar-refractivity contribution in [1.82, 2.24) is 9.97 Å². The van der Waals surface area contributed by atoms with Gasteiger partial charge in [-0.15, -0.1) is 0 Å². The van der Waals surface area contributed by atoms with E-state index in [4.69, 9.17) is 0 Å². The van der Waals surface area contributed by atoms with Crippen molar-refractivity contribution < 1.29 is 0 Å². The predicted molar refractivity (Wildman–Crippen MR) is 79.5 cm³/mol. The monoisotopic (exact) mass is 266 g/mol. The molecule has 1 aliphatic rings. The summed E-state index contributed by atoms with van der Waals surface area (Å²) in [6, 6.07) is 2.00. The number of nitrogens with zero attached hydrogens (tertiary/aromatic N) is 2. The lowest BCUT2D eigenvalue weighted by atomic mass is 10.4. The second kappa shape index (κ2) is 5.78. The fourth-order valence-corrected chi connectivity index (χ4v) is 2.57. The Balaban J connectivity index is 1.96. The Morgan fingerprint density at radius 1 is 1.28 bits per heavy atom. The normalized spacial score (nSPS) is 16.4. The molecule has 5 heteroatoms. The Morgan fingerprint density at radius 3 is 2.50 bits per heavy atom. The Bertz CT molecular complexity index is 404. The molecule has 1 heterocycles. The summed E-state index contributed by atoms with van der Waals surface area (Å²) in [4.78, 5) is 8.82. The maximum absolute atomic E-state index is 4.44. The van der Waals surface area contributed by atoms with E-state index in [1.807, 2.05) is 24.8 Å². The second-order valence-electron chi connectivity index (χ2n) is 4.85. The molecule has 0 atom stereocenters. The Morgan fingerprint density at radius 2 is 1.94 bits per heavy atom. The zero-order valence-electron chi connectivity index (χ0n) is 11.4. The molecule has 1 aromatic rings. The van der Waals surface area contributed by atoms with Gasteiger partial charge in [0.15, 0.2) is 0 Å². The van der Waals surface area contributed by atoms with Crippen LogP contribution in [0.1, 0.15) is 32.0 Å². The number of thioether (sulfide) groups is 1. The number of hydrogen-bond donors (Lipinski definition) is 2. The van der Waals surface area contributed by atoms with Gasteiger partial charge in [0.2, 0.25) is 0 Å². The fraction of sp³-hybridized carbons (Fsp3) is 0.692. The van der Waals surface area contributed by atoms with E-state index >= 15 is 0 Å². The third kappa shape index (κ3) is 3.51. The first-order valence-electron chi connectivity index (χ1n) is 6.56. The van der Waals surface area contributed by atoms with E-state index in [9.17, 15) is 0 Å². The van der Waals surface area contributed by atoms with Crippen molar-refractivity contribution in [3.8, 4) is 0 Å². The van der Waals surface area contributed by atoms with Crippen LogP contribution in [0.4, 0.5) is 11.6 Å². The van der Waals surface area contributed by atoms with Crippen LogP contribution in [0.5, 0.6) is 0 Å². The van der Waals surface area contributed by atoms with Gasteiger partial charge in [-0.3, -0.25) is 0 Å². The molecule has 0 unspecified atom stereocenters. The third-order valence-corrected chi connectivity index (χ3v) is 4.65. The summed E-state index contributed by atoms with van der Waals surface area (Å²) < 4.78 is 0.454. The summed E-state index contributed by atoms with van der Waals surface area (Å²) in [6.45, 7) is 6.03. The summed E-state index contributed by atoms with van der Waals surface area (Å²) in [5, 5.41) is 6.75. The highest BCUT2D eigenvalue weighted by atomic mass is 32.2. The fourth-order valence-electron chi connectivity index (χ4n) is 1.85. The van der Waals surface area contributed by atoms with E-state index in [1.54, 1.807) is 0 Å². The molecule has 0 aromatic carbocycles. The van der Waals surface area contributed by atoms with Crippen LogP contribution in [0.2, 0.25) is 0 Å². The average Bonchev–Trinajstić information content (AvgIpc) is 3.14. The van der Waals surface area contributed by atoms with Crippen LogP contribution in [-0.2, 0) is 0 Å². The molecular weight excluding hydrogens is 244 g/mol. The van der Waals surface area contributed by atoms with Gasteiger partial charge in [-0.05, 0) is 32.4 Å². The van der Waals surface area contributed by atoms with Crippen molar-refractivity contribution in [2.45, 2.75) is 37.9 Å². The molecule has 1 fully saturated rings. The van der Waals surface area contributed by atoms with Crippen molar-refractivity contribution in [1.29, 1.82) is 0 Å². The zero-order chi connectivity index (χ0) is 13.0. The smallest absolute Gasteiger partial charge is 0.131 e. The number of anilines is 2. The zero-order valence-corrected chi connectivity index (χ0v) is 12.2. The van der Waals surface area contributed by atoms with Crippen molar-refractivity contribution in [2.75, 3.05) is 30.0 Å². The van der Waals surface area contributed by atoms with Crippen molar-refractivity contribution in [3.05, 3.63) is 11.9 Å². The summed E-state index contributed by atoms with van der Waals surface area (Å²) >= 11 is 1.96. The molecule has 0 bridgehead atoms. The summed E-state index contributed by atoms with van der Waals surface area (Å²) in [7, 11) is 0. The van der Waals surface area contributed by atoms with E-state index in [-0.39, 0.29) is 0 Å². The molecule has 18 heavy (non-hydrogen) atoms. The lowest BCUT2D eigenvalue weighted by molar-refractivity contribution is 0.923. The molecular formula is C13H22N4S. The Labute approximate surface area is 113 Å². The first-order chi connectivity index (χ1) is 8.67. The number of aryl methyl sites for hydroxylation is 1. The van der Waals surface area contributed by atoms with Gasteiger partial charge in [0.1, 0.15) is 17.5 Å². The van der Waals surface area contributed by atoms with Gasteiger partial charge in [0.05, 0.1) is 0 Å². The molecule has 4 nitrogen and oxygen atoms in total. The van der Waals surface area contributed by atoms with Crippen LogP contribution in [0.25, 0.3) is 0 Å². The van der Waals surface area contributed by atoms with E-state index in [0.29, 0.717) is 4.75 Å². The van der Waals surface area contributed by atoms with Crippen LogP contribution in [0, 0.1) is 6.92 Å². The molecule has 1 saturated carbocycles. The molecule has 0 radical (unpaired) electrons. The minimum atomic E-state index is 0.454. The maximum atomic E-state index is 4.44. The minimum absolute atomic E-state index is 0.454. The minimum Gasteiger partial charge on any atom is -0.370 e. The molecule has 0 spiro atoms. The van der Waals surface area contributed by atoms with Crippen molar-refractivity contribution in [3.63, 3.8) is 0 Å². The quantitative estimate of drug-likeness (QED) is 0.794. The number of rotatable bonds is 7. The molecule has 0 saturated heterocycles. The lowest BCUT2D eigenvalue weighted by Gasteiger charge is -2.14. The molecule has 0 amide bonds. The summed E-state index contributed by atoms with van der Waals surface area (Å²) in [6.07, 6.45) is 5.91. The van der Waals surface area contributed by atoms with E-state index in [0.717, 1.165) is 37.0 Å². The number of aromatic nitrogens is 2. The first-order valence-corrected chi connectivity index (χ1v) is 7.78. The predicted octanol–water partition coefficient (Wildman–Crippen LogP) is 2.91.